The van der Waals surface area contributed by atoms with Crippen molar-refractivity contribution in [1.82, 2.24) is 4.90 Å². The first-order chi connectivity index (χ1) is 13.5. The second-order valence-corrected chi connectivity index (χ2v) is 8.99. The first-order valence-corrected chi connectivity index (χ1v) is 9.80. The van der Waals surface area contributed by atoms with Gasteiger partial charge in [-0.15, -0.1) is 0 Å². The number of carboxylic acids is 1. The van der Waals surface area contributed by atoms with Crippen LogP contribution < -0.4 is 0 Å². The smallest absolute Gasteiger partial charge is 0.319 e. The zero-order valence-corrected chi connectivity index (χ0v) is 17.3. The molecule has 0 aromatic heterocycles. The van der Waals surface area contributed by atoms with Gasteiger partial charge in [0.1, 0.15) is 5.41 Å². The van der Waals surface area contributed by atoms with Crippen molar-refractivity contribution in [1.29, 1.82) is 0 Å². The van der Waals surface area contributed by atoms with Crippen LogP contribution in [0.4, 0.5) is 0 Å². The summed E-state index contributed by atoms with van der Waals surface area (Å²) in [5, 5.41) is 9.63. The molecule has 2 aromatic rings. The average Bonchev–Trinajstić information content (AvgIpc) is 2.93. The van der Waals surface area contributed by atoms with Crippen LogP contribution in [0.5, 0.6) is 0 Å². The van der Waals surface area contributed by atoms with Gasteiger partial charge in [-0.25, -0.2) is 0 Å². The molecule has 2 amide bonds. The molecule has 1 aliphatic rings. The summed E-state index contributed by atoms with van der Waals surface area (Å²) in [4.78, 5) is 38.8. The second-order valence-electron chi connectivity index (χ2n) is 8.99. The highest BCUT2D eigenvalue weighted by Gasteiger charge is 2.56. The standard InChI is InChI=1S/C24H27NO4/c1-23(2,3)20(26)25-19(15-24(4,21(25)27)22(28)29)14-16-10-12-18(13-11-16)17-8-6-5-7-9-17/h5-13,19H,14-15H2,1-4H3,(H,28,29)/t19-,24?/m1/s1. The molecule has 0 aliphatic carbocycles. The van der Waals surface area contributed by atoms with Gasteiger partial charge >= 0.3 is 5.97 Å². The third-order valence-corrected chi connectivity index (χ3v) is 5.56. The molecule has 2 aromatic carbocycles. The van der Waals surface area contributed by atoms with E-state index >= 15 is 0 Å². The van der Waals surface area contributed by atoms with Gasteiger partial charge in [0.15, 0.2) is 0 Å². The highest BCUT2D eigenvalue weighted by Crippen LogP contribution is 2.40. The Morgan fingerprint density at radius 3 is 2.10 bits per heavy atom. The van der Waals surface area contributed by atoms with Gasteiger partial charge in [-0.1, -0.05) is 75.4 Å². The first-order valence-electron chi connectivity index (χ1n) is 9.80. The Morgan fingerprint density at radius 2 is 1.59 bits per heavy atom. The van der Waals surface area contributed by atoms with Gasteiger partial charge in [0.2, 0.25) is 11.8 Å². The Hall–Kier alpha value is -2.95. The zero-order chi connectivity index (χ0) is 21.4. The fourth-order valence-electron chi connectivity index (χ4n) is 3.78. The average molecular weight is 393 g/mol. The molecule has 1 saturated heterocycles. The Labute approximate surface area is 171 Å². The molecule has 1 unspecified atom stereocenters. The van der Waals surface area contributed by atoms with Crippen molar-refractivity contribution >= 4 is 17.8 Å². The number of aliphatic carboxylic acids is 1. The number of carbonyl (C=O) groups excluding carboxylic acids is 2. The van der Waals surface area contributed by atoms with Crippen LogP contribution >= 0.6 is 0 Å². The maximum Gasteiger partial charge on any atom is 0.319 e. The molecule has 5 heteroatoms. The van der Waals surface area contributed by atoms with Crippen LogP contribution in [-0.2, 0) is 20.8 Å². The maximum absolute atomic E-state index is 12.9. The van der Waals surface area contributed by atoms with E-state index in [0.29, 0.717) is 6.42 Å². The first kappa shape index (κ1) is 20.8. The lowest BCUT2D eigenvalue weighted by Crippen LogP contribution is -2.48. The number of imide groups is 1. The molecule has 2 atom stereocenters. The molecule has 1 aliphatic heterocycles. The SMILES string of the molecule is CC(C)(C)C(=O)N1C(=O)C(C)(C(=O)O)C[C@H]1Cc1ccc(-c2ccccc2)cc1. The van der Waals surface area contributed by atoms with Gasteiger partial charge in [-0.3, -0.25) is 19.3 Å². The second kappa shape index (κ2) is 7.47. The normalized spacial score (nSPS) is 22.0. The molecule has 0 spiro atoms. The molecule has 0 bridgehead atoms. The number of amides is 2. The van der Waals surface area contributed by atoms with Crippen LogP contribution in [0, 0.1) is 10.8 Å². The van der Waals surface area contributed by atoms with Crippen LogP contribution in [0.25, 0.3) is 11.1 Å². The van der Waals surface area contributed by atoms with Gasteiger partial charge in [0.05, 0.1) is 0 Å². The highest BCUT2D eigenvalue weighted by molar-refractivity contribution is 6.10. The van der Waals surface area contributed by atoms with Crippen molar-refractivity contribution in [2.45, 2.75) is 46.6 Å². The summed E-state index contributed by atoms with van der Waals surface area (Å²) >= 11 is 0. The van der Waals surface area contributed by atoms with Crippen LogP contribution in [-0.4, -0.2) is 33.8 Å². The Kier molecular flexibility index (Phi) is 5.35. The third kappa shape index (κ3) is 3.95. The summed E-state index contributed by atoms with van der Waals surface area (Å²) in [6.07, 6.45) is 0.551. The van der Waals surface area contributed by atoms with E-state index in [-0.39, 0.29) is 12.3 Å². The van der Waals surface area contributed by atoms with E-state index in [1.165, 1.54) is 11.8 Å². The largest absolute Gasteiger partial charge is 0.480 e. The Balaban J connectivity index is 1.88. The Morgan fingerprint density at radius 1 is 1.03 bits per heavy atom. The third-order valence-electron chi connectivity index (χ3n) is 5.56. The number of hydrogen-bond donors (Lipinski definition) is 1. The summed E-state index contributed by atoms with van der Waals surface area (Å²) < 4.78 is 0. The van der Waals surface area contributed by atoms with Crippen LogP contribution in [0.15, 0.2) is 54.6 Å². The minimum atomic E-state index is -1.57. The van der Waals surface area contributed by atoms with E-state index in [9.17, 15) is 19.5 Å². The lowest BCUT2D eigenvalue weighted by molar-refractivity contribution is -0.158. The van der Waals surface area contributed by atoms with E-state index in [2.05, 4.69) is 0 Å². The molecule has 0 saturated carbocycles. The fourth-order valence-corrected chi connectivity index (χ4v) is 3.78. The zero-order valence-electron chi connectivity index (χ0n) is 17.3. The summed E-state index contributed by atoms with van der Waals surface area (Å²) in [7, 11) is 0. The van der Waals surface area contributed by atoms with E-state index in [4.69, 9.17) is 0 Å². The van der Waals surface area contributed by atoms with E-state index in [1.54, 1.807) is 20.8 Å². The monoisotopic (exact) mass is 393 g/mol. The molecule has 0 radical (unpaired) electrons. The molecule has 1 fully saturated rings. The Bertz CT molecular complexity index is 928. The molecule has 1 heterocycles. The lowest BCUT2D eigenvalue weighted by Gasteiger charge is -2.29. The molecule has 29 heavy (non-hydrogen) atoms. The summed E-state index contributed by atoms with van der Waals surface area (Å²) in [6.45, 7) is 6.64. The topological polar surface area (TPSA) is 74.7 Å². The number of benzene rings is 2. The molecule has 3 rings (SSSR count). The van der Waals surface area contributed by atoms with Crippen molar-refractivity contribution < 1.29 is 19.5 Å². The lowest BCUT2D eigenvalue weighted by atomic mass is 9.86. The van der Waals surface area contributed by atoms with Gasteiger partial charge in [-0.05, 0) is 36.5 Å². The predicted molar refractivity (Wildman–Crippen MR) is 111 cm³/mol. The van der Waals surface area contributed by atoms with Crippen molar-refractivity contribution in [3.63, 3.8) is 0 Å². The molecule has 152 valence electrons. The van der Waals surface area contributed by atoms with Crippen molar-refractivity contribution in [2.24, 2.45) is 10.8 Å². The van der Waals surface area contributed by atoms with Crippen LogP contribution in [0.1, 0.15) is 39.7 Å². The summed E-state index contributed by atoms with van der Waals surface area (Å²) in [5.74, 6) is -2.13. The maximum atomic E-state index is 12.9. The number of carbonyl (C=O) groups is 3. The van der Waals surface area contributed by atoms with Gasteiger partial charge in [-0.2, -0.15) is 0 Å². The molecular formula is C24H27NO4. The number of likely N-dealkylation sites (tertiary alicyclic amines) is 1. The minimum Gasteiger partial charge on any atom is -0.480 e. The van der Waals surface area contributed by atoms with Crippen LogP contribution in [0.2, 0.25) is 0 Å². The quantitative estimate of drug-likeness (QED) is 0.792. The van der Waals surface area contributed by atoms with E-state index < -0.39 is 28.7 Å². The van der Waals surface area contributed by atoms with Crippen molar-refractivity contribution in [2.75, 3.05) is 0 Å². The van der Waals surface area contributed by atoms with Gasteiger partial charge in [0, 0.05) is 11.5 Å². The fraction of sp³-hybridized carbons (Fsp3) is 0.375. The van der Waals surface area contributed by atoms with E-state index in [0.717, 1.165) is 16.7 Å². The van der Waals surface area contributed by atoms with E-state index in [1.807, 2.05) is 54.6 Å². The summed E-state index contributed by atoms with van der Waals surface area (Å²) in [6, 6.07) is 17.5. The van der Waals surface area contributed by atoms with Crippen LogP contribution in [0.3, 0.4) is 0 Å². The number of nitrogens with zero attached hydrogens (tertiary/aromatic N) is 1. The highest BCUT2D eigenvalue weighted by atomic mass is 16.4. The number of rotatable bonds is 4. The van der Waals surface area contributed by atoms with Gasteiger partial charge < -0.3 is 5.11 Å². The number of carboxylic acid groups (broad SMARTS) is 1. The molecule has 1 N–H and O–H groups in total. The predicted octanol–water partition coefficient (Wildman–Crippen LogP) is 4.16. The van der Waals surface area contributed by atoms with Gasteiger partial charge in [0.25, 0.3) is 0 Å². The molecular weight excluding hydrogens is 366 g/mol. The van der Waals surface area contributed by atoms with Crippen molar-refractivity contribution in [3.8, 4) is 11.1 Å². The number of hydrogen-bond acceptors (Lipinski definition) is 3. The van der Waals surface area contributed by atoms with Crippen molar-refractivity contribution in [3.05, 3.63) is 60.2 Å². The molecule has 5 nitrogen and oxygen atoms in total. The summed E-state index contributed by atoms with van der Waals surface area (Å²) in [5.41, 5.74) is 0.807. The minimum absolute atomic E-state index is 0.115.